The van der Waals surface area contributed by atoms with E-state index in [2.05, 4.69) is 10.2 Å². The van der Waals surface area contributed by atoms with Crippen LogP contribution in [0.5, 0.6) is 5.75 Å². The summed E-state index contributed by atoms with van der Waals surface area (Å²) in [5.74, 6) is 0.496. The van der Waals surface area contributed by atoms with Gasteiger partial charge in [-0.3, -0.25) is 9.89 Å². The van der Waals surface area contributed by atoms with Gasteiger partial charge in [0.1, 0.15) is 5.75 Å². The van der Waals surface area contributed by atoms with Gasteiger partial charge in [0.2, 0.25) is 0 Å². The monoisotopic (exact) mass is 353 g/mol. The summed E-state index contributed by atoms with van der Waals surface area (Å²) < 4.78 is 5.82. The molecule has 0 saturated carbocycles. The van der Waals surface area contributed by atoms with Gasteiger partial charge in [-0.05, 0) is 29.8 Å². The number of ether oxygens (including phenoxy) is 1. The largest absolute Gasteiger partial charge is 0.479 e. The number of halogens is 1. The summed E-state index contributed by atoms with van der Waals surface area (Å²) in [6.07, 6.45) is 3.73. The molecule has 5 nitrogen and oxygen atoms in total. The summed E-state index contributed by atoms with van der Waals surface area (Å²) in [6.45, 7) is 0.624. The number of rotatable bonds is 4. The van der Waals surface area contributed by atoms with E-state index in [1.54, 1.807) is 23.2 Å². The average molecular weight is 354 g/mol. The van der Waals surface area contributed by atoms with E-state index >= 15 is 0 Å². The lowest BCUT2D eigenvalue weighted by molar-refractivity contribution is -0.122. The third-order valence-corrected chi connectivity index (χ3v) is 4.59. The van der Waals surface area contributed by atoms with Crippen molar-refractivity contribution >= 4 is 23.2 Å². The highest BCUT2D eigenvalue weighted by Gasteiger charge is 2.34. The van der Waals surface area contributed by atoms with Crippen molar-refractivity contribution in [1.82, 2.24) is 10.2 Å². The maximum absolute atomic E-state index is 12.7. The molecule has 1 fully saturated rings. The predicted molar refractivity (Wildman–Crippen MR) is 96.9 cm³/mol. The third-order valence-electron chi connectivity index (χ3n) is 4.27. The Bertz CT molecular complexity index is 878. The molecule has 0 bridgehead atoms. The van der Waals surface area contributed by atoms with Crippen molar-refractivity contribution < 1.29 is 9.53 Å². The summed E-state index contributed by atoms with van der Waals surface area (Å²) in [5, 5.41) is 7.26. The molecule has 1 aliphatic heterocycles. The number of hydrogen-bond donors (Lipinski definition) is 1. The van der Waals surface area contributed by atoms with Gasteiger partial charge in [-0.25, -0.2) is 0 Å². The van der Waals surface area contributed by atoms with Gasteiger partial charge in [0.25, 0.3) is 5.91 Å². The zero-order chi connectivity index (χ0) is 17.2. The van der Waals surface area contributed by atoms with E-state index in [-0.39, 0.29) is 5.91 Å². The number of carbonyl (C=O) groups is 1. The minimum atomic E-state index is -0.506. The number of hydrogen-bond acceptors (Lipinski definition) is 3. The van der Waals surface area contributed by atoms with Crippen LogP contribution in [0.1, 0.15) is 6.42 Å². The molecule has 126 valence electrons. The molecule has 0 radical (unpaired) electrons. The molecule has 0 spiro atoms. The van der Waals surface area contributed by atoms with Crippen molar-refractivity contribution in [3.8, 4) is 16.9 Å². The number of amides is 1. The second-order valence-electron chi connectivity index (χ2n) is 5.85. The molecule has 1 aromatic heterocycles. The molecule has 6 heteroatoms. The first kappa shape index (κ1) is 15.7. The van der Waals surface area contributed by atoms with E-state index in [0.717, 1.165) is 16.8 Å². The normalized spacial score (nSPS) is 17.1. The number of para-hydroxylation sites is 1. The van der Waals surface area contributed by atoms with Crippen LogP contribution in [0.15, 0.2) is 60.9 Å². The maximum Gasteiger partial charge on any atom is 0.268 e. The molecule has 2 heterocycles. The van der Waals surface area contributed by atoms with Gasteiger partial charge >= 0.3 is 0 Å². The minimum Gasteiger partial charge on any atom is -0.479 e. The fourth-order valence-electron chi connectivity index (χ4n) is 2.96. The van der Waals surface area contributed by atoms with Gasteiger partial charge in [-0.15, -0.1) is 0 Å². The van der Waals surface area contributed by atoms with E-state index in [1.165, 1.54) is 0 Å². The quantitative estimate of drug-likeness (QED) is 0.773. The van der Waals surface area contributed by atoms with Gasteiger partial charge in [0.05, 0.1) is 11.2 Å². The first-order valence-corrected chi connectivity index (χ1v) is 8.42. The van der Waals surface area contributed by atoms with Crippen LogP contribution in [0, 0.1) is 0 Å². The number of nitrogens with zero attached hydrogens (tertiary/aromatic N) is 2. The van der Waals surface area contributed by atoms with E-state index in [9.17, 15) is 4.79 Å². The maximum atomic E-state index is 12.7. The molecular formula is C19H16ClN3O2. The Morgan fingerprint density at radius 1 is 1.12 bits per heavy atom. The minimum absolute atomic E-state index is 0.0454. The van der Waals surface area contributed by atoms with Crippen LogP contribution in [0.3, 0.4) is 0 Å². The predicted octanol–water partition coefficient (Wildman–Crippen LogP) is 3.91. The number of benzene rings is 2. The fraction of sp³-hybridized carbons (Fsp3) is 0.158. The van der Waals surface area contributed by atoms with Gasteiger partial charge in [-0.2, -0.15) is 5.10 Å². The SMILES string of the molecule is O=C1C(Oc2ccccc2Cl)CCN1c1ccc(-c2cn[nH]c2)cc1. The van der Waals surface area contributed by atoms with Gasteiger partial charge in [0.15, 0.2) is 6.10 Å². The molecule has 1 unspecified atom stereocenters. The Labute approximate surface area is 150 Å². The van der Waals surface area contributed by atoms with Crippen LogP contribution in [0.4, 0.5) is 5.69 Å². The lowest BCUT2D eigenvalue weighted by Gasteiger charge is -2.18. The Morgan fingerprint density at radius 3 is 2.64 bits per heavy atom. The fourth-order valence-corrected chi connectivity index (χ4v) is 3.14. The topological polar surface area (TPSA) is 58.2 Å². The highest BCUT2D eigenvalue weighted by atomic mass is 35.5. The zero-order valence-corrected chi connectivity index (χ0v) is 14.1. The van der Waals surface area contributed by atoms with Crippen molar-refractivity contribution in [2.24, 2.45) is 0 Å². The lowest BCUT2D eigenvalue weighted by atomic mass is 10.1. The van der Waals surface area contributed by atoms with Gasteiger partial charge in [-0.1, -0.05) is 35.9 Å². The highest BCUT2D eigenvalue weighted by molar-refractivity contribution is 6.32. The first-order chi connectivity index (χ1) is 12.2. The molecule has 1 N–H and O–H groups in total. The molecule has 1 aliphatic rings. The van der Waals surface area contributed by atoms with Crippen LogP contribution in [-0.2, 0) is 4.79 Å². The van der Waals surface area contributed by atoms with Crippen molar-refractivity contribution in [3.05, 3.63) is 65.9 Å². The average Bonchev–Trinajstić information content (AvgIpc) is 3.28. The smallest absolute Gasteiger partial charge is 0.268 e. The van der Waals surface area contributed by atoms with Crippen LogP contribution in [-0.4, -0.2) is 28.8 Å². The molecule has 1 amide bonds. The number of anilines is 1. The number of nitrogens with one attached hydrogen (secondary N) is 1. The van der Waals surface area contributed by atoms with E-state index in [4.69, 9.17) is 16.3 Å². The second kappa shape index (κ2) is 6.61. The van der Waals surface area contributed by atoms with Crippen molar-refractivity contribution in [1.29, 1.82) is 0 Å². The van der Waals surface area contributed by atoms with Crippen molar-refractivity contribution in [3.63, 3.8) is 0 Å². The molecule has 0 aliphatic carbocycles. The van der Waals surface area contributed by atoms with Crippen LogP contribution in [0.2, 0.25) is 5.02 Å². The van der Waals surface area contributed by atoms with E-state index in [0.29, 0.717) is 23.7 Å². The Hall–Kier alpha value is -2.79. The number of carbonyl (C=O) groups excluding carboxylic acids is 1. The third kappa shape index (κ3) is 3.10. The molecule has 1 saturated heterocycles. The summed E-state index contributed by atoms with van der Waals surface area (Å²) in [4.78, 5) is 14.4. The number of aromatic nitrogens is 2. The van der Waals surface area contributed by atoms with Crippen LogP contribution < -0.4 is 9.64 Å². The van der Waals surface area contributed by atoms with Gasteiger partial charge in [0, 0.05) is 30.4 Å². The zero-order valence-electron chi connectivity index (χ0n) is 13.4. The Morgan fingerprint density at radius 2 is 1.92 bits per heavy atom. The standard InChI is InChI=1S/C19H16ClN3O2/c20-16-3-1-2-4-17(16)25-18-9-10-23(19(18)24)15-7-5-13(6-8-15)14-11-21-22-12-14/h1-8,11-12,18H,9-10H2,(H,21,22). The Balaban J connectivity index is 1.49. The van der Waals surface area contributed by atoms with Crippen LogP contribution in [0.25, 0.3) is 11.1 Å². The first-order valence-electron chi connectivity index (χ1n) is 8.04. The molecule has 2 aromatic carbocycles. The summed E-state index contributed by atoms with van der Waals surface area (Å²) in [6, 6.07) is 15.1. The number of aromatic amines is 1. The number of H-pyrrole nitrogens is 1. The molecule has 1 atom stereocenters. The van der Waals surface area contributed by atoms with E-state index < -0.39 is 6.10 Å². The molecule has 4 rings (SSSR count). The lowest BCUT2D eigenvalue weighted by Crippen LogP contribution is -2.32. The van der Waals surface area contributed by atoms with Crippen molar-refractivity contribution in [2.75, 3.05) is 11.4 Å². The molecule has 25 heavy (non-hydrogen) atoms. The van der Waals surface area contributed by atoms with Gasteiger partial charge < -0.3 is 9.64 Å². The van der Waals surface area contributed by atoms with Crippen LogP contribution >= 0.6 is 11.6 Å². The molecule has 3 aromatic rings. The van der Waals surface area contributed by atoms with Crippen molar-refractivity contribution in [2.45, 2.75) is 12.5 Å². The Kier molecular flexibility index (Phi) is 4.15. The second-order valence-corrected chi connectivity index (χ2v) is 6.26. The summed E-state index contributed by atoms with van der Waals surface area (Å²) in [7, 11) is 0. The summed E-state index contributed by atoms with van der Waals surface area (Å²) in [5.41, 5.74) is 2.93. The molecular weight excluding hydrogens is 338 g/mol. The summed E-state index contributed by atoms with van der Waals surface area (Å²) >= 11 is 6.11. The highest BCUT2D eigenvalue weighted by Crippen LogP contribution is 2.30. The van der Waals surface area contributed by atoms with E-state index in [1.807, 2.05) is 42.6 Å².